The van der Waals surface area contributed by atoms with Crippen LogP contribution in [0.15, 0.2) is 49.1 Å². The van der Waals surface area contributed by atoms with Crippen molar-refractivity contribution in [1.82, 2.24) is 14.9 Å². The van der Waals surface area contributed by atoms with Gasteiger partial charge in [0.15, 0.2) is 0 Å². The highest BCUT2D eigenvalue weighted by Gasteiger charge is 2.31. The predicted molar refractivity (Wildman–Crippen MR) is 96.0 cm³/mol. The second-order valence-electron chi connectivity index (χ2n) is 6.60. The van der Waals surface area contributed by atoms with Gasteiger partial charge in [0.25, 0.3) is 0 Å². The van der Waals surface area contributed by atoms with Crippen LogP contribution in [0, 0.1) is 5.92 Å². The Labute approximate surface area is 149 Å². The van der Waals surface area contributed by atoms with Crippen molar-refractivity contribution in [2.45, 2.75) is 31.8 Å². The summed E-state index contributed by atoms with van der Waals surface area (Å²) in [7, 11) is 1.77. The second kappa shape index (κ2) is 8.72. The molecule has 5 heteroatoms. The van der Waals surface area contributed by atoms with Crippen LogP contribution in [-0.4, -0.2) is 47.1 Å². The summed E-state index contributed by atoms with van der Waals surface area (Å²) in [6.07, 6.45) is 8.30. The van der Waals surface area contributed by atoms with Gasteiger partial charge in [0.2, 0.25) is 5.91 Å². The number of piperidine rings is 1. The van der Waals surface area contributed by atoms with Gasteiger partial charge in [-0.05, 0) is 30.4 Å². The van der Waals surface area contributed by atoms with Gasteiger partial charge in [-0.2, -0.15) is 0 Å². The van der Waals surface area contributed by atoms with Crippen molar-refractivity contribution < 1.29 is 9.53 Å². The SMILES string of the molecule is CO[C@@H]1CCN(C(=O)CCc2cncnc2)C[C@H]1Cc1ccccc1. The Bertz CT molecular complexity index is 663. The molecule has 0 aliphatic carbocycles. The first-order chi connectivity index (χ1) is 12.3. The number of hydrogen-bond acceptors (Lipinski definition) is 4. The Kier molecular flexibility index (Phi) is 6.12. The van der Waals surface area contributed by atoms with Crippen molar-refractivity contribution in [3.8, 4) is 0 Å². The van der Waals surface area contributed by atoms with E-state index in [1.54, 1.807) is 19.5 Å². The Balaban J connectivity index is 1.58. The maximum atomic E-state index is 12.6. The number of nitrogens with zero attached hydrogens (tertiary/aromatic N) is 3. The molecule has 132 valence electrons. The molecule has 2 aromatic rings. The standard InChI is InChI=1S/C20H25N3O2/c1-25-19-9-10-23(14-18(19)11-16-5-3-2-4-6-16)20(24)8-7-17-12-21-15-22-13-17/h2-6,12-13,15,18-19H,7-11,14H2,1H3/t18-,19-/m1/s1. The van der Waals surface area contributed by atoms with Gasteiger partial charge in [-0.15, -0.1) is 0 Å². The molecule has 0 unspecified atom stereocenters. The third-order valence-electron chi connectivity index (χ3n) is 4.90. The van der Waals surface area contributed by atoms with E-state index in [0.29, 0.717) is 18.8 Å². The normalized spacial score (nSPS) is 20.4. The van der Waals surface area contributed by atoms with Gasteiger partial charge in [-0.3, -0.25) is 4.79 Å². The van der Waals surface area contributed by atoms with Gasteiger partial charge in [0.1, 0.15) is 6.33 Å². The molecule has 25 heavy (non-hydrogen) atoms. The number of aromatic nitrogens is 2. The highest BCUT2D eigenvalue weighted by molar-refractivity contribution is 5.76. The summed E-state index contributed by atoms with van der Waals surface area (Å²) >= 11 is 0. The number of benzene rings is 1. The van der Waals surface area contributed by atoms with Crippen LogP contribution in [0.2, 0.25) is 0 Å². The fourth-order valence-corrected chi connectivity index (χ4v) is 3.53. The number of likely N-dealkylation sites (tertiary alicyclic amines) is 1. The molecule has 1 aromatic carbocycles. The third kappa shape index (κ3) is 4.86. The third-order valence-corrected chi connectivity index (χ3v) is 4.90. The van der Waals surface area contributed by atoms with E-state index in [4.69, 9.17) is 4.74 Å². The maximum absolute atomic E-state index is 12.6. The highest BCUT2D eigenvalue weighted by atomic mass is 16.5. The van der Waals surface area contributed by atoms with E-state index in [9.17, 15) is 4.79 Å². The number of rotatable bonds is 6. The Morgan fingerprint density at radius 2 is 1.96 bits per heavy atom. The van der Waals surface area contributed by atoms with E-state index in [1.165, 1.54) is 11.9 Å². The van der Waals surface area contributed by atoms with Crippen LogP contribution in [0.5, 0.6) is 0 Å². The van der Waals surface area contributed by atoms with E-state index in [0.717, 1.165) is 31.5 Å². The van der Waals surface area contributed by atoms with E-state index < -0.39 is 0 Å². The van der Waals surface area contributed by atoms with E-state index in [2.05, 4.69) is 34.2 Å². The fraction of sp³-hybridized carbons (Fsp3) is 0.450. The average molecular weight is 339 g/mol. The van der Waals surface area contributed by atoms with E-state index in [-0.39, 0.29) is 12.0 Å². The minimum absolute atomic E-state index is 0.205. The average Bonchev–Trinajstić information content (AvgIpc) is 2.67. The molecule has 5 nitrogen and oxygen atoms in total. The zero-order chi connectivity index (χ0) is 17.5. The van der Waals surface area contributed by atoms with Crippen LogP contribution in [0.4, 0.5) is 0 Å². The van der Waals surface area contributed by atoms with Crippen molar-refractivity contribution in [2.75, 3.05) is 20.2 Å². The van der Waals surface area contributed by atoms with Gasteiger partial charge in [0, 0.05) is 44.9 Å². The molecule has 0 bridgehead atoms. The van der Waals surface area contributed by atoms with Crippen LogP contribution in [-0.2, 0) is 22.4 Å². The lowest BCUT2D eigenvalue weighted by Gasteiger charge is -2.38. The quantitative estimate of drug-likeness (QED) is 0.811. The molecule has 1 fully saturated rings. The molecule has 3 rings (SSSR count). The minimum atomic E-state index is 0.205. The lowest BCUT2D eigenvalue weighted by Crippen LogP contribution is -2.47. The second-order valence-corrected chi connectivity index (χ2v) is 6.60. The number of aryl methyl sites for hydroxylation is 1. The minimum Gasteiger partial charge on any atom is -0.381 e. The molecule has 1 aliphatic heterocycles. The molecular formula is C20H25N3O2. The predicted octanol–water partition coefficient (Wildman–Crippen LogP) is 2.52. The summed E-state index contributed by atoms with van der Waals surface area (Å²) in [4.78, 5) is 22.6. The summed E-state index contributed by atoms with van der Waals surface area (Å²) in [5, 5.41) is 0. The maximum Gasteiger partial charge on any atom is 0.222 e. The molecule has 1 amide bonds. The van der Waals surface area contributed by atoms with Crippen molar-refractivity contribution in [2.24, 2.45) is 5.92 Å². The summed E-state index contributed by atoms with van der Waals surface area (Å²) in [6.45, 7) is 1.53. The molecule has 1 aromatic heterocycles. The van der Waals surface area contributed by atoms with Crippen LogP contribution >= 0.6 is 0 Å². The van der Waals surface area contributed by atoms with Gasteiger partial charge in [0.05, 0.1) is 6.10 Å². The van der Waals surface area contributed by atoms with Crippen molar-refractivity contribution in [3.63, 3.8) is 0 Å². The summed E-state index contributed by atoms with van der Waals surface area (Å²) < 4.78 is 5.68. The van der Waals surface area contributed by atoms with Crippen LogP contribution < -0.4 is 0 Å². The highest BCUT2D eigenvalue weighted by Crippen LogP contribution is 2.24. The summed E-state index contributed by atoms with van der Waals surface area (Å²) in [5.74, 6) is 0.543. The molecule has 1 saturated heterocycles. The molecule has 2 heterocycles. The number of carbonyl (C=O) groups excluding carboxylic acids is 1. The first-order valence-electron chi connectivity index (χ1n) is 8.84. The van der Waals surface area contributed by atoms with Crippen molar-refractivity contribution in [3.05, 3.63) is 60.2 Å². The zero-order valence-corrected chi connectivity index (χ0v) is 14.7. The largest absolute Gasteiger partial charge is 0.381 e. The summed E-state index contributed by atoms with van der Waals surface area (Å²) in [5.41, 5.74) is 2.30. The van der Waals surface area contributed by atoms with Crippen molar-refractivity contribution in [1.29, 1.82) is 0 Å². The number of ether oxygens (including phenoxy) is 1. The van der Waals surface area contributed by atoms with Gasteiger partial charge >= 0.3 is 0 Å². The molecular weight excluding hydrogens is 314 g/mol. The lowest BCUT2D eigenvalue weighted by atomic mass is 9.88. The first-order valence-corrected chi connectivity index (χ1v) is 8.84. The Hall–Kier alpha value is -2.27. The van der Waals surface area contributed by atoms with Crippen LogP contribution in [0.3, 0.4) is 0 Å². The van der Waals surface area contributed by atoms with Crippen LogP contribution in [0.25, 0.3) is 0 Å². The fourth-order valence-electron chi connectivity index (χ4n) is 3.53. The number of methoxy groups -OCH3 is 1. The number of hydrogen-bond donors (Lipinski definition) is 0. The first kappa shape index (κ1) is 17.5. The Morgan fingerprint density at radius 3 is 2.68 bits per heavy atom. The Morgan fingerprint density at radius 1 is 1.20 bits per heavy atom. The van der Waals surface area contributed by atoms with Gasteiger partial charge in [-0.1, -0.05) is 30.3 Å². The lowest BCUT2D eigenvalue weighted by molar-refractivity contribution is -0.135. The van der Waals surface area contributed by atoms with Gasteiger partial charge < -0.3 is 9.64 Å². The molecule has 0 N–H and O–H groups in total. The molecule has 2 atom stereocenters. The molecule has 0 saturated carbocycles. The van der Waals surface area contributed by atoms with Crippen LogP contribution in [0.1, 0.15) is 24.0 Å². The monoisotopic (exact) mass is 339 g/mol. The summed E-state index contributed by atoms with van der Waals surface area (Å²) in [6, 6.07) is 10.4. The molecule has 0 spiro atoms. The topological polar surface area (TPSA) is 55.3 Å². The van der Waals surface area contributed by atoms with E-state index >= 15 is 0 Å². The van der Waals surface area contributed by atoms with Gasteiger partial charge in [-0.25, -0.2) is 9.97 Å². The smallest absolute Gasteiger partial charge is 0.222 e. The molecule has 0 radical (unpaired) electrons. The van der Waals surface area contributed by atoms with E-state index in [1.807, 2.05) is 11.0 Å². The number of amides is 1. The number of carbonyl (C=O) groups is 1. The van der Waals surface area contributed by atoms with Crippen molar-refractivity contribution >= 4 is 5.91 Å². The zero-order valence-electron chi connectivity index (χ0n) is 14.7. The molecule has 1 aliphatic rings.